The van der Waals surface area contributed by atoms with Crippen LogP contribution in [0.5, 0.6) is 0 Å². The second-order valence-electron chi connectivity index (χ2n) is 14.6. The normalized spacial score (nSPS) is 22.1. The number of carbonyl (C=O) groups excluding carboxylic acids is 3. The Hall–Kier alpha value is -5.13. The molecule has 3 aliphatic heterocycles. The van der Waals surface area contributed by atoms with Crippen molar-refractivity contribution in [3.63, 3.8) is 0 Å². The van der Waals surface area contributed by atoms with Crippen LogP contribution in [0, 0.1) is 5.92 Å². The molecule has 0 aliphatic carbocycles. The van der Waals surface area contributed by atoms with Gasteiger partial charge in [-0.15, -0.1) is 0 Å². The van der Waals surface area contributed by atoms with Crippen LogP contribution >= 0.6 is 0 Å². The third-order valence-electron chi connectivity index (χ3n) is 11.0. The lowest BCUT2D eigenvalue weighted by Gasteiger charge is -2.33. The van der Waals surface area contributed by atoms with E-state index in [9.17, 15) is 19.5 Å². The maximum atomic E-state index is 15.1. The van der Waals surface area contributed by atoms with Gasteiger partial charge in [-0.05, 0) is 66.5 Å². The van der Waals surface area contributed by atoms with Gasteiger partial charge in [-0.1, -0.05) is 79.7 Å². The first-order chi connectivity index (χ1) is 25.0. The van der Waals surface area contributed by atoms with E-state index in [2.05, 4.69) is 0 Å². The Morgan fingerprint density at radius 3 is 2.23 bits per heavy atom. The quantitative estimate of drug-likeness (QED) is 0.159. The molecule has 9 nitrogen and oxygen atoms in total. The van der Waals surface area contributed by atoms with Gasteiger partial charge in [0.1, 0.15) is 0 Å². The number of aliphatic hydroxyl groups is 1. The van der Waals surface area contributed by atoms with Gasteiger partial charge in [0.05, 0.1) is 36.1 Å². The SMILES string of the molecule is C[C@@H]1[C@@H]([Si](C)(C)O)[C@H](CC(=O)N(CCO)Cc2ccccc2)O[C@@]12C(=O)N(c1ccccc1)c1ccc(N3C(=O)c4cccc5cccc3c45)cc12. The molecule has 5 aromatic rings. The lowest BCUT2D eigenvalue weighted by atomic mass is 9.82. The second kappa shape index (κ2) is 12.8. The fourth-order valence-electron chi connectivity index (χ4n) is 8.85. The summed E-state index contributed by atoms with van der Waals surface area (Å²) in [5, 5.41) is 11.7. The number of rotatable bonds is 9. The Bertz CT molecular complexity index is 2200. The number of anilines is 4. The fourth-order valence-corrected chi connectivity index (χ4v) is 11.4. The molecule has 52 heavy (non-hydrogen) atoms. The monoisotopic (exact) mass is 711 g/mol. The molecule has 5 aromatic carbocycles. The highest BCUT2D eigenvalue weighted by molar-refractivity contribution is 6.71. The zero-order valence-electron chi connectivity index (χ0n) is 29.4. The fraction of sp³-hybridized carbons (Fsp3) is 0.262. The summed E-state index contributed by atoms with van der Waals surface area (Å²) in [5.74, 6) is -1.21. The zero-order valence-corrected chi connectivity index (χ0v) is 30.4. The molecule has 1 fully saturated rings. The highest BCUT2D eigenvalue weighted by atomic mass is 28.4. The number of para-hydroxylation sites is 1. The molecule has 8 rings (SSSR count). The van der Waals surface area contributed by atoms with E-state index < -0.39 is 31.5 Å². The summed E-state index contributed by atoms with van der Waals surface area (Å²) >= 11 is 0. The van der Waals surface area contributed by atoms with Crippen molar-refractivity contribution >= 4 is 59.6 Å². The molecule has 2 N–H and O–H groups in total. The summed E-state index contributed by atoms with van der Waals surface area (Å²) in [4.78, 5) is 60.1. The van der Waals surface area contributed by atoms with Gasteiger partial charge in [0.25, 0.3) is 11.8 Å². The minimum Gasteiger partial charge on any atom is -0.432 e. The molecule has 1 saturated heterocycles. The molecule has 264 valence electrons. The Morgan fingerprint density at radius 1 is 0.846 bits per heavy atom. The van der Waals surface area contributed by atoms with Gasteiger partial charge in [-0.25, -0.2) is 0 Å². The number of hydrogen-bond acceptors (Lipinski definition) is 6. The predicted octanol–water partition coefficient (Wildman–Crippen LogP) is 7.02. The Balaban J connectivity index is 1.24. The van der Waals surface area contributed by atoms with Gasteiger partial charge in [0.2, 0.25) is 5.91 Å². The molecule has 0 aromatic heterocycles. The van der Waals surface area contributed by atoms with Crippen molar-refractivity contribution in [3.8, 4) is 0 Å². The molecule has 4 atom stereocenters. The maximum Gasteiger partial charge on any atom is 0.268 e. The third-order valence-corrected chi connectivity index (χ3v) is 13.5. The minimum atomic E-state index is -3.10. The smallest absolute Gasteiger partial charge is 0.268 e. The summed E-state index contributed by atoms with van der Waals surface area (Å²) in [7, 11) is -3.10. The van der Waals surface area contributed by atoms with Gasteiger partial charge < -0.3 is 19.5 Å². The molecule has 3 aliphatic rings. The molecule has 0 unspecified atom stereocenters. The van der Waals surface area contributed by atoms with Crippen LogP contribution in [0.3, 0.4) is 0 Å². The van der Waals surface area contributed by atoms with Crippen molar-refractivity contribution < 1.29 is 29.0 Å². The molecule has 0 bridgehead atoms. The van der Waals surface area contributed by atoms with Gasteiger partial charge in [-0.3, -0.25) is 24.2 Å². The van der Waals surface area contributed by atoms with Gasteiger partial charge in [0.15, 0.2) is 13.9 Å². The van der Waals surface area contributed by atoms with E-state index in [0.717, 1.165) is 22.0 Å². The van der Waals surface area contributed by atoms with E-state index in [1.807, 2.05) is 135 Å². The number of fused-ring (bicyclic) bond motifs is 2. The van der Waals surface area contributed by atoms with Crippen LogP contribution in [0.4, 0.5) is 22.7 Å². The van der Waals surface area contributed by atoms with Crippen LogP contribution < -0.4 is 9.80 Å². The Labute approximate surface area is 303 Å². The van der Waals surface area contributed by atoms with Crippen LogP contribution in [0.25, 0.3) is 10.8 Å². The maximum absolute atomic E-state index is 15.1. The predicted molar refractivity (Wildman–Crippen MR) is 203 cm³/mol. The van der Waals surface area contributed by atoms with Crippen molar-refractivity contribution in [1.82, 2.24) is 4.90 Å². The summed E-state index contributed by atoms with van der Waals surface area (Å²) in [6, 6.07) is 36.1. The van der Waals surface area contributed by atoms with E-state index >= 15 is 4.79 Å². The van der Waals surface area contributed by atoms with Crippen LogP contribution in [-0.4, -0.2) is 60.1 Å². The molecule has 3 amide bonds. The van der Waals surface area contributed by atoms with Gasteiger partial charge in [0, 0.05) is 46.9 Å². The van der Waals surface area contributed by atoms with Crippen molar-refractivity contribution in [2.45, 2.75) is 50.2 Å². The lowest BCUT2D eigenvalue weighted by molar-refractivity contribution is -0.149. The van der Waals surface area contributed by atoms with Crippen LogP contribution in [0.15, 0.2) is 115 Å². The molecule has 0 saturated carbocycles. The lowest BCUT2D eigenvalue weighted by Crippen LogP contribution is -2.45. The third kappa shape index (κ3) is 5.28. The first kappa shape index (κ1) is 34.0. The van der Waals surface area contributed by atoms with Gasteiger partial charge in [-0.2, -0.15) is 0 Å². The summed E-state index contributed by atoms with van der Waals surface area (Å²) in [6.07, 6.45) is -0.857. The van der Waals surface area contributed by atoms with E-state index in [-0.39, 0.29) is 37.3 Å². The van der Waals surface area contributed by atoms with Crippen molar-refractivity contribution in [3.05, 3.63) is 132 Å². The minimum absolute atomic E-state index is 0.0733. The van der Waals surface area contributed by atoms with Gasteiger partial charge >= 0.3 is 0 Å². The van der Waals surface area contributed by atoms with Crippen molar-refractivity contribution in [1.29, 1.82) is 0 Å². The molecule has 0 radical (unpaired) electrons. The van der Waals surface area contributed by atoms with Crippen LogP contribution in [-0.2, 0) is 26.5 Å². The topological polar surface area (TPSA) is 111 Å². The van der Waals surface area contributed by atoms with E-state index in [1.54, 1.807) is 14.7 Å². The first-order valence-electron chi connectivity index (χ1n) is 17.8. The molecule has 1 spiro atoms. The average Bonchev–Trinajstić information content (AvgIpc) is 3.70. The Kier molecular flexibility index (Phi) is 8.38. The molecular formula is C42H41N3O6Si. The number of amides is 3. The van der Waals surface area contributed by atoms with E-state index in [4.69, 9.17) is 4.74 Å². The van der Waals surface area contributed by atoms with Crippen LogP contribution in [0.2, 0.25) is 18.6 Å². The number of aliphatic hydroxyl groups excluding tert-OH is 1. The highest BCUT2D eigenvalue weighted by Crippen LogP contribution is 2.61. The summed E-state index contributed by atoms with van der Waals surface area (Å²) in [6.45, 7) is 5.84. The number of nitrogens with zero attached hydrogens (tertiary/aromatic N) is 3. The van der Waals surface area contributed by atoms with Crippen LogP contribution in [0.1, 0.15) is 34.8 Å². The first-order valence-corrected chi connectivity index (χ1v) is 20.8. The number of hydrogen-bond donors (Lipinski definition) is 2. The van der Waals surface area contributed by atoms with Crippen molar-refractivity contribution in [2.24, 2.45) is 5.92 Å². The second-order valence-corrected chi connectivity index (χ2v) is 18.6. The zero-order chi connectivity index (χ0) is 36.4. The largest absolute Gasteiger partial charge is 0.432 e. The summed E-state index contributed by atoms with van der Waals surface area (Å²) in [5.41, 5.74) is 2.75. The average molecular weight is 712 g/mol. The summed E-state index contributed by atoms with van der Waals surface area (Å²) < 4.78 is 7.04. The number of ether oxygens (including phenoxy) is 1. The molecule has 10 heteroatoms. The van der Waals surface area contributed by atoms with E-state index in [0.29, 0.717) is 34.7 Å². The number of carbonyl (C=O) groups is 3. The highest BCUT2D eigenvalue weighted by Gasteiger charge is 2.67. The molecule has 3 heterocycles. The van der Waals surface area contributed by atoms with Crippen molar-refractivity contribution in [2.75, 3.05) is 23.0 Å². The van der Waals surface area contributed by atoms with E-state index in [1.165, 1.54) is 0 Å². The number of benzene rings is 5. The molecular weight excluding hydrogens is 671 g/mol. The standard InChI is InChI=1S/C42H41N3O6Si/c1-27-39(52(2,3)50)36(25-37(47)43(22-23-46)26-28-12-6-4-7-13-28)51-42(27)33-24-31(20-21-34(33)45(41(42)49)30-16-8-5-9-17-30)44-35-19-11-15-29-14-10-18-32(38(29)35)40(44)48/h4-21,24,27,36,39,46,50H,22-23,25-26H2,1-3H3/t27-,36+,39-,42+/m1/s1. The Morgan fingerprint density at radius 2 is 1.54 bits per heavy atom.